The van der Waals surface area contributed by atoms with Crippen LogP contribution >= 0.6 is 0 Å². The highest BCUT2D eigenvalue weighted by molar-refractivity contribution is 6.24. The van der Waals surface area contributed by atoms with E-state index in [-0.39, 0.29) is 0 Å². The Morgan fingerprint density at radius 3 is 1.89 bits per heavy atom. The first-order valence-corrected chi connectivity index (χ1v) is 15.4. The van der Waals surface area contributed by atoms with Gasteiger partial charge in [-0.1, -0.05) is 121 Å². The van der Waals surface area contributed by atoms with E-state index >= 15 is 0 Å². The number of aromatic nitrogens is 4. The predicted octanol–water partition coefficient (Wildman–Crippen LogP) is 10.5. The smallest absolute Gasteiger partial charge is 0.238 e. The maximum absolute atomic E-state index is 6.69. The minimum atomic E-state index is 0.572. The monoisotopic (exact) mass is 588 g/mol. The van der Waals surface area contributed by atoms with Crippen molar-refractivity contribution in [1.82, 2.24) is 19.5 Å². The molecule has 46 heavy (non-hydrogen) atoms. The molecule has 214 valence electrons. The van der Waals surface area contributed by atoms with Crippen molar-refractivity contribution in [3.8, 4) is 28.7 Å². The van der Waals surface area contributed by atoms with Crippen molar-refractivity contribution >= 4 is 65.3 Å². The Kier molecular flexibility index (Phi) is 5.22. The van der Waals surface area contributed by atoms with Crippen LogP contribution < -0.4 is 0 Å². The van der Waals surface area contributed by atoms with Crippen LogP contribution in [0.4, 0.5) is 0 Å². The van der Waals surface area contributed by atoms with Gasteiger partial charge in [0, 0.05) is 38.1 Å². The topological polar surface area (TPSA) is 56.7 Å². The molecule has 0 bridgehead atoms. The maximum atomic E-state index is 6.69. The Balaban J connectivity index is 1.30. The van der Waals surface area contributed by atoms with Gasteiger partial charge in [0.25, 0.3) is 0 Å². The number of para-hydroxylation sites is 2. The van der Waals surface area contributed by atoms with Crippen LogP contribution in [0, 0.1) is 0 Å². The lowest BCUT2D eigenvalue weighted by molar-refractivity contribution is 0.673. The van der Waals surface area contributed by atoms with Crippen molar-refractivity contribution in [2.75, 3.05) is 0 Å². The number of furan rings is 1. The van der Waals surface area contributed by atoms with Crippen LogP contribution in [0.25, 0.3) is 94.0 Å². The number of hydrogen-bond acceptors (Lipinski definition) is 4. The lowest BCUT2D eigenvalue weighted by Gasteiger charge is -2.11. The van der Waals surface area contributed by atoms with Crippen molar-refractivity contribution in [2.24, 2.45) is 0 Å². The van der Waals surface area contributed by atoms with Gasteiger partial charge in [-0.2, -0.15) is 9.97 Å². The van der Waals surface area contributed by atoms with Gasteiger partial charge in [0.2, 0.25) is 5.95 Å². The third-order valence-electron chi connectivity index (χ3n) is 9.05. The van der Waals surface area contributed by atoms with Gasteiger partial charge >= 0.3 is 0 Å². The molecule has 0 N–H and O–H groups in total. The molecule has 5 heteroatoms. The Bertz CT molecular complexity index is 2760. The summed E-state index contributed by atoms with van der Waals surface area (Å²) in [6.45, 7) is 0. The van der Waals surface area contributed by atoms with E-state index in [2.05, 4.69) is 108 Å². The van der Waals surface area contributed by atoms with Crippen LogP contribution in [0.3, 0.4) is 0 Å². The number of rotatable bonds is 3. The van der Waals surface area contributed by atoms with Crippen LogP contribution in [0.5, 0.6) is 0 Å². The summed E-state index contributed by atoms with van der Waals surface area (Å²) in [6, 6.07) is 50.2. The highest BCUT2D eigenvalue weighted by Crippen LogP contribution is 2.41. The Morgan fingerprint density at radius 1 is 0.435 bits per heavy atom. The molecule has 0 spiro atoms. The van der Waals surface area contributed by atoms with E-state index in [1.54, 1.807) is 0 Å². The molecule has 10 rings (SSSR count). The number of nitrogens with zero attached hydrogens (tertiary/aromatic N) is 4. The third kappa shape index (κ3) is 3.60. The van der Waals surface area contributed by atoms with Crippen LogP contribution in [0.2, 0.25) is 0 Å². The van der Waals surface area contributed by atoms with Crippen molar-refractivity contribution < 1.29 is 4.42 Å². The molecule has 0 atom stereocenters. The summed E-state index contributed by atoms with van der Waals surface area (Å²) in [5.41, 5.74) is 5.59. The molecular formula is C41H24N4O. The van der Waals surface area contributed by atoms with Crippen LogP contribution in [-0.4, -0.2) is 19.5 Å². The van der Waals surface area contributed by atoms with Gasteiger partial charge in [0.15, 0.2) is 11.6 Å². The average Bonchev–Trinajstić information content (AvgIpc) is 3.68. The van der Waals surface area contributed by atoms with E-state index in [1.165, 1.54) is 10.8 Å². The third-order valence-corrected chi connectivity index (χ3v) is 9.05. The standard InChI is InChI=1S/C41H24N4O/c1-2-12-27(13-3-1)39-42-40(44-41(43-39)45-33-18-8-6-15-29(33)30-16-7-9-19-34(30)45)32-17-10-20-35-37(32)31-24-23-26-22-21-25-11-4-5-14-28(25)36(26)38(31)46-35/h1-24H. The van der Waals surface area contributed by atoms with E-state index in [0.717, 1.165) is 65.6 Å². The first-order valence-electron chi connectivity index (χ1n) is 15.4. The summed E-state index contributed by atoms with van der Waals surface area (Å²) in [5, 5.41) is 8.96. The second kappa shape index (κ2) is 9.58. The Hall–Kier alpha value is -6.33. The normalized spacial score (nSPS) is 11.9. The molecule has 5 nitrogen and oxygen atoms in total. The van der Waals surface area contributed by atoms with Gasteiger partial charge in [-0.25, -0.2) is 4.98 Å². The highest BCUT2D eigenvalue weighted by atomic mass is 16.3. The van der Waals surface area contributed by atoms with E-state index in [1.807, 2.05) is 42.5 Å². The van der Waals surface area contributed by atoms with Crippen molar-refractivity contribution in [3.63, 3.8) is 0 Å². The first kappa shape index (κ1) is 25.0. The number of fused-ring (bicyclic) bond motifs is 10. The molecule has 0 aliphatic rings. The Labute approximate surface area is 263 Å². The Morgan fingerprint density at radius 2 is 1.09 bits per heavy atom. The summed E-state index contributed by atoms with van der Waals surface area (Å²) in [5.74, 6) is 1.78. The van der Waals surface area contributed by atoms with Gasteiger partial charge in [-0.15, -0.1) is 0 Å². The van der Waals surface area contributed by atoms with Crippen molar-refractivity contribution in [1.29, 1.82) is 0 Å². The first-order chi connectivity index (χ1) is 22.8. The van der Waals surface area contributed by atoms with Crippen molar-refractivity contribution in [3.05, 3.63) is 146 Å². The second-order valence-corrected chi connectivity index (χ2v) is 11.6. The molecule has 3 aromatic heterocycles. The summed E-state index contributed by atoms with van der Waals surface area (Å²) in [4.78, 5) is 15.4. The molecule has 0 saturated heterocycles. The molecule has 0 aliphatic carbocycles. The zero-order chi connectivity index (χ0) is 30.2. The number of hydrogen-bond donors (Lipinski definition) is 0. The van der Waals surface area contributed by atoms with Crippen LogP contribution in [-0.2, 0) is 0 Å². The van der Waals surface area contributed by atoms with Gasteiger partial charge < -0.3 is 4.42 Å². The van der Waals surface area contributed by atoms with Gasteiger partial charge in [0.1, 0.15) is 11.2 Å². The summed E-state index contributed by atoms with van der Waals surface area (Å²) < 4.78 is 8.84. The molecule has 0 amide bonds. The minimum Gasteiger partial charge on any atom is -0.455 e. The number of benzene rings is 7. The summed E-state index contributed by atoms with van der Waals surface area (Å²) in [6.07, 6.45) is 0. The lowest BCUT2D eigenvalue weighted by atomic mass is 9.98. The second-order valence-electron chi connectivity index (χ2n) is 11.6. The molecule has 0 unspecified atom stereocenters. The molecule has 0 aliphatic heterocycles. The van der Waals surface area contributed by atoms with E-state index in [4.69, 9.17) is 19.4 Å². The summed E-state index contributed by atoms with van der Waals surface area (Å²) in [7, 11) is 0. The van der Waals surface area contributed by atoms with E-state index in [0.29, 0.717) is 17.6 Å². The molecular weight excluding hydrogens is 564 g/mol. The molecule has 0 radical (unpaired) electrons. The maximum Gasteiger partial charge on any atom is 0.238 e. The fourth-order valence-corrected chi connectivity index (χ4v) is 7.00. The minimum absolute atomic E-state index is 0.572. The zero-order valence-corrected chi connectivity index (χ0v) is 24.6. The van der Waals surface area contributed by atoms with Crippen LogP contribution in [0.15, 0.2) is 150 Å². The van der Waals surface area contributed by atoms with Crippen molar-refractivity contribution in [2.45, 2.75) is 0 Å². The van der Waals surface area contributed by atoms with E-state index in [9.17, 15) is 0 Å². The van der Waals surface area contributed by atoms with E-state index < -0.39 is 0 Å². The summed E-state index contributed by atoms with van der Waals surface area (Å²) >= 11 is 0. The fraction of sp³-hybridized carbons (Fsp3) is 0. The van der Waals surface area contributed by atoms with Gasteiger partial charge in [0.05, 0.1) is 11.0 Å². The predicted molar refractivity (Wildman–Crippen MR) is 187 cm³/mol. The van der Waals surface area contributed by atoms with Gasteiger partial charge in [-0.05, 0) is 40.4 Å². The SMILES string of the molecule is c1ccc(-c2nc(-c3cccc4oc5c(ccc6ccc7ccccc7c65)c34)nc(-n3c4ccccc4c4ccccc43)n2)cc1. The zero-order valence-electron chi connectivity index (χ0n) is 24.6. The molecule has 0 saturated carbocycles. The highest BCUT2D eigenvalue weighted by Gasteiger charge is 2.21. The van der Waals surface area contributed by atoms with Crippen LogP contribution in [0.1, 0.15) is 0 Å². The lowest BCUT2D eigenvalue weighted by Crippen LogP contribution is -2.06. The average molecular weight is 589 g/mol. The molecule has 7 aromatic carbocycles. The quantitative estimate of drug-likeness (QED) is 0.193. The largest absolute Gasteiger partial charge is 0.455 e. The molecule has 10 aromatic rings. The van der Waals surface area contributed by atoms with Gasteiger partial charge in [-0.3, -0.25) is 4.57 Å². The molecule has 3 heterocycles. The fourth-order valence-electron chi connectivity index (χ4n) is 7.00. The molecule has 0 fully saturated rings.